The van der Waals surface area contributed by atoms with E-state index in [9.17, 15) is 14.3 Å². The fourth-order valence-corrected chi connectivity index (χ4v) is 6.06. The van der Waals surface area contributed by atoms with Crippen LogP contribution in [0.4, 0.5) is 0 Å². The van der Waals surface area contributed by atoms with E-state index in [1.54, 1.807) is 0 Å². The SMILES string of the molecule is CC/C=C\C/C=C\C/C=C\CCCCCCCCCC(=O)OC(COCCCCCCCC/C=C\CCCCCC)COP(=O)(O)OCCN. The third-order valence-corrected chi connectivity index (χ3v) is 9.21. The largest absolute Gasteiger partial charge is 0.472 e. The summed E-state index contributed by atoms with van der Waals surface area (Å²) in [5, 5.41) is 0. The fourth-order valence-electron chi connectivity index (χ4n) is 5.30. The standard InChI is InChI=1S/C41H76NO7P/c1-3-5-7-9-11-13-15-17-19-20-21-22-24-26-28-30-32-34-41(43)49-40(39-48-50(44,45)47-37-35-42)38-46-36-33-31-29-27-25-23-18-16-14-12-10-8-6-4-2/h5,7,11,13-14,16-17,19,40H,3-4,6,8-10,12,15,18,20-39,42H2,1-2H3,(H,44,45)/b7-5-,13-11-,16-14-,19-17-. The summed E-state index contributed by atoms with van der Waals surface area (Å²) in [6.45, 7) is 4.76. The summed E-state index contributed by atoms with van der Waals surface area (Å²) in [5.74, 6) is -0.344. The predicted molar refractivity (Wildman–Crippen MR) is 210 cm³/mol. The molecule has 0 aliphatic heterocycles. The van der Waals surface area contributed by atoms with E-state index in [1.165, 1.54) is 89.9 Å². The van der Waals surface area contributed by atoms with Crippen molar-refractivity contribution in [2.45, 2.75) is 174 Å². The molecule has 0 rings (SSSR count). The van der Waals surface area contributed by atoms with Gasteiger partial charge in [-0.15, -0.1) is 0 Å². The van der Waals surface area contributed by atoms with E-state index in [0.29, 0.717) is 13.0 Å². The Morgan fingerprint density at radius 2 is 1.12 bits per heavy atom. The minimum absolute atomic E-state index is 0.0961. The van der Waals surface area contributed by atoms with Gasteiger partial charge in [-0.25, -0.2) is 4.57 Å². The highest BCUT2D eigenvalue weighted by Crippen LogP contribution is 2.43. The molecule has 0 fully saturated rings. The van der Waals surface area contributed by atoms with Gasteiger partial charge in [0.25, 0.3) is 0 Å². The lowest BCUT2D eigenvalue weighted by Gasteiger charge is -2.20. The maximum absolute atomic E-state index is 12.6. The topological polar surface area (TPSA) is 117 Å². The second-order valence-electron chi connectivity index (χ2n) is 13.1. The maximum atomic E-state index is 12.6. The highest BCUT2D eigenvalue weighted by Gasteiger charge is 2.25. The Balaban J connectivity index is 4.09. The molecule has 292 valence electrons. The van der Waals surface area contributed by atoms with Gasteiger partial charge in [-0.2, -0.15) is 0 Å². The van der Waals surface area contributed by atoms with Crippen LogP contribution in [0, 0.1) is 0 Å². The van der Waals surface area contributed by atoms with Crippen molar-refractivity contribution in [3.8, 4) is 0 Å². The lowest BCUT2D eigenvalue weighted by Crippen LogP contribution is -2.28. The number of carbonyl (C=O) groups excluding carboxylic acids is 1. The summed E-state index contributed by atoms with van der Waals surface area (Å²) in [6.07, 6.45) is 44.0. The first-order chi connectivity index (χ1) is 24.4. The number of unbranched alkanes of at least 4 members (excludes halogenated alkanes) is 17. The molecule has 0 aromatic carbocycles. The van der Waals surface area contributed by atoms with Gasteiger partial charge in [-0.3, -0.25) is 13.8 Å². The minimum atomic E-state index is -4.28. The Labute approximate surface area is 307 Å². The molecule has 0 radical (unpaired) electrons. The van der Waals surface area contributed by atoms with Crippen LogP contribution < -0.4 is 5.73 Å². The fraction of sp³-hybridized carbons (Fsp3) is 0.780. The van der Waals surface area contributed by atoms with Gasteiger partial charge < -0.3 is 20.1 Å². The number of phosphoric ester groups is 1. The van der Waals surface area contributed by atoms with E-state index in [4.69, 9.17) is 24.3 Å². The molecule has 0 saturated heterocycles. The molecule has 0 aliphatic carbocycles. The summed E-state index contributed by atoms with van der Waals surface area (Å²) in [7, 11) is -4.28. The van der Waals surface area contributed by atoms with Crippen LogP contribution in [0.3, 0.4) is 0 Å². The van der Waals surface area contributed by atoms with Crippen molar-refractivity contribution >= 4 is 13.8 Å². The van der Waals surface area contributed by atoms with Gasteiger partial charge in [0.15, 0.2) is 0 Å². The van der Waals surface area contributed by atoms with Crippen molar-refractivity contribution < 1.29 is 32.8 Å². The zero-order valence-electron chi connectivity index (χ0n) is 32.1. The molecule has 0 spiro atoms. The van der Waals surface area contributed by atoms with Gasteiger partial charge in [-0.1, -0.05) is 140 Å². The van der Waals surface area contributed by atoms with E-state index in [2.05, 4.69) is 62.5 Å². The average Bonchev–Trinajstić information content (AvgIpc) is 3.10. The monoisotopic (exact) mass is 726 g/mol. The van der Waals surface area contributed by atoms with Gasteiger partial charge in [0.05, 0.1) is 19.8 Å². The van der Waals surface area contributed by atoms with E-state index in [-0.39, 0.29) is 32.3 Å². The van der Waals surface area contributed by atoms with E-state index < -0.39 is 13.9 Å². The number of rotatable bonds is 38. The maximum Gasteiger partial charge on any atom is 0.472 e. The predicted octanol–water partition coefficient (Wildman–Crippen LogP) is 11.6. The van der Waals surface area contributed by atoms with Crippen LogP contribution >= 0.6 is 7.82 Å². The zero-order chi connectivity index (χ0) is 36.6. The molecule has 2 atom stereocenters. The first kappa shape index (κ1) is 48.5. The molecule has 8 nitrogen and oxygen atoms in total. The van der Waals surface area contributed by atoms with Crippen LogP contribution in [0.1, 0.15) is 168 Å². The Kier molecular flexibility index (Phi) is 37.5. The van der Waals surface area contributed by atoms with Crippen molar-refractivity contribution in [1.29, 1.82) is 0 Å². The highest BCUT2D eigenvalue weighted by atomic mass is 31.2. The molecular weight excluding hydrogens is 649 g/mol. The lowest BCUT2D eigenvalue weighted by molar-refractivity contribution is -0.154. The van der Waals surface area contributed by atoms with Crippen LogP contribution in [0.2, 0.25) is 0 Å². The van der Waals surface area contributed by atoms with Crippen LogP contribution in [0.25, 0.3) is 0 Å². The highest BCUT2D eigenvalue weighted by molar-refractivity contribution is 7.47. The number of esters is 1. The molecule has 0 aliphatic rings. The minimum Gasteiger partial charge on any atom is -0.457 e. The van der Waals surface area contributed by atoms with E-state index in [1.807, 2.05) is 0 Å². The van der Waals surface area contributed by atoms with Gasteiger partial charge in [0.2, 0.25) is 0 Å². The van der Waals surface area contributed by atoms with E-state index >= 15 is 0 Å². The smallest absolute Gasteiger partial charge is 0.457 e. The molecule has 0 aromatic rings. The molecule has 0 heterocycles. The molecule has 50 heavy (non-hydrogen) atoms. The molecule has 2 unspecified atom stereocenters. The van der Waals surface area contributed by atoms with Crippen molar-refractivity contribution in [2.24, 2.45) is 5.73 Å². The third-order valence-electron chi connectivity index (χ3n) is 8.23. The number of ether oxygens (including phenoxy) is 2. The number of nitrogens with two attached hydrogens (primary N) is 1. The molecule has 0 saturated carbocycles. The summed E-state index contributed by atoms with van der Waals surface area (Å²) in [5.41, 5.74) is 5.36. The normalized spacial score (nSPS) is 14.1. The van der Waals surface area contributed by atoms with Crippen molar-refractivity contribution in [2.75, 3.05) is 33.0 Å². The molecule has 0 amide bonds. The van der Waals surface area contributed by atoms with Gasteiger partial charge >= 0.3 is 13.8 Å². The van der Waals surface area contributed by atoms with Crippen LogP contribution in [-0.4, -0.2) is 49.9 Å². The van der Waals surface area contributed by atoms with Gasteiger partial charge in [-0.05, 0) is 70.6 Å². The third kappa shape index (κ3) is 37.7. The Bertz CT molecular complexity index is 905. The number of carbonyl (C=O) groups is 1. The quantitative estimate of drug-likeness (QED) is 0.0279. The van der Waals surface area contributed by atoms with Crippen molar-refractivity contribution in [3.63, 3.8) is 0 Å². The first-order valence-corrected chi connectivity index (χ1v) is 21.6. The van der Waals surface area contributed by atoms with E-state index in [0.717, 1.165) is 57.8 Å². The number of phosphoric acid groups is 1. The molecule has 0 aromatic heterocycles. The summed E-state index contributed by atoms with van der Waals surface area (Å²) in [6, 6.07) is 0. The molecule has 0 bridgehead atoms. The van der Waals surface area contributed by atoms with Gasteiger partial charge in [0.1, 0.15) is 6.10 Å². The Morgan fingerprint density at radius 3 is 1.70 bits per heavy atom. The summed E-state index contributed by atoms with van der Waals surface area (Å²) in [4.78, 5) is 22.4. The molecular formula is C41H76NO7P. The number of hydrogen-bond donors (Lipinski definition) is 2. The number of allylic oxidation sites excluding steroid dienone is 8. The second kappa shape index (κ2) is 38.7. The van der Waals surface area contributed by atoms with Crippen LogP contribution in [0.15, 0.2) is 48.6 Å². The van der Waals surface area contributed by atoms with Gasteiger partial charge in [0, 0.05) is 19.6 Å². The number of hydrogen-bond acceptors (Lipinski definition) is 7. The summed E-state index contributed by atoms with van der Waals surface area (Å²) < 4.78 is 33.3. The lowest BCUT2D eigenvalue weighted by atomic mass is 10.1. The Morgan fingerprint density at radius 1 is 0.620 bits per heavy atom. The van der Waals surface area contributed by atoms with Crippen LogP contribution in [-0.2, 0) is 27.9 Å². The first-order valence-electron chi connectivity index (χ1n) is 20.1. The second-order valence-corrected chi connectivity index (χ2v) is 14.6. The van der Waals surface area contributed by atoms with Crippen molar-refractivity contribution in [1.82, 2.24) is 0 Å². The molecule has 3 N–H and O–H groups in total. The average molecular weight is 726 g/mol. The summed E-state index contributed by atoms with van der Waals surface area (Å²) >= 11 is 0. The van der Waals surface area contributed by atoms with Crippen molar-refractivity contribution in [3.05, 3.63) is 48.6 Å². The Hall–Kier alpha value is -1.54. The molecule has 9 heteroatoms. The van der Waals surface area contributed by atoms with Crippen LogP contribution in [0.5, 0.6) is 0 Å². The zero-order valence-corrected chi connectivity index (χ0v) is 33.0.